The molecule has 0 bridgehead atoms. The van der Waals surface area contributed by atoms with Gasteiger partial charge in [0.25, 0.3) is 5.69 Å². The highest BCUT2D eigenvalue weighted by molar-refractivity contribution is 7.18. The Hall–Kier alpha value is -1.73. The third-order valence-electron chi connectivity index (χ3n) is 3.60. The standard InChI is InChI=1S/C13H15N3O3S/c1-7-14-11-5-10(15-8-3-9(4-8)19-2)12(16(17)18)6-13(11)20-7/h5-6,8-9,15H,3-4H2,1-2H3. The molecule has 1 fully saturated rings. The number of aryl methyl sites for hydroxylation is 1. The van der Waals surface area contributed by atoms with Crippen LogP contribution in [0.5, 0.6) is 0 Å². The van der Waals surface area contributed by atoms with Crippen LogP contribution in [-0.2, 0) is 4.74 Å². The minimum Gasteiger partial charge on any atom is -0.381 e. The number of rotatable bonds is 4. The summed E-state index contributed by atoms with van der Waals surface area (Å²) in [6.07, 6.45) is 2.01. The number of aromatic nitrogens is 1. The van der Waals surface area contributed by atoms with Crippen molar-refractivity contribution in [1.29, 1.82) is 0 Å². The molecule has 1 heterocycles. The molecular formula is C13H15N3O3S. The number of benzene rings is 1. The number of nitrogens with one attached hydrogen (secondary N) is 1. The van der Waals surface area contributed by atoms with Crippen molar-refractivity contribution in [1.82, 2.24) is 4.98 Å². The molecule has 6 nitrogen and oxygen atoms in total. The first-order chi connectivity index (χ1) is 9.56. The molecule has 0 aliphatic heterocycles. The van der Waals surface area contributed by atoms with Gasteiger partial charge >= 0.3 is 0 Å². The summed E-state index contributed by atoms with van der Waals surface area (Å²) in [6, 6.07) is 3.61. The normalized spacial score (nSPS) is 21.7. The maximum atomic E-state index is 11.2. The molecule has 1 N–H and O–H groups in total. The summed E-state index contributed by atoms with van der Waals surface area (Å²) >= 11 is 1.47. The van der Waals surface area contributed by atoms with Crippen LogP contribution in [0.3, 0.4) is 0 Å². The Morgan fingerprint density at radius 2 is 2.25 bits per heavy atom. The van der Waals surface area contributed by atoms with Gasteiger partial charge in [0.1, 0.15) is 5.69 Å². The van der Waals surface area contributed by atoms with E-state index in [1.807, 2.05) is 6.92 Å². The minimum absolute atomic E-state index is 0.113. The number of hydrogen-bond donors (Lipinski definition) is 1. The van der Waals surface area contributed by atoms with E-state index < -0.39 is 0 Å². The van der Waals surface area contributed by atoms with Crippen LogP contribution in [0.4, 0.5) is 11.4 Å². The van der Waals surface area contributed by atoms with Crippen molar-refractivity contribution in [2.45, 2.75) is 31.9 Å². The second-order valence-electron chi connectivity index (χ2n) is 5.00. The summed E-state index contributed by atoms with van der Waals surface area (Å²) in [6.45, 7) is 1.90. The first kappa shape index (κ1) is 13.3. The van der Waals surface area contributed by atoms with Crippen LogP contribution in [0, 0.1) is 17.0 Å². The number of nitro benzene ring substituents is 1. The Kier molecular flexibility index (Phi) is 3.31. The molecule has 1 saturated carbocycles. The monoisotopic (exact) mass is 293 g/mol. The number of fused-ring (bicyclic) bond motifs is 1. The number of nitro groups is 1. The lowest BCUT2D eigenvalue weighted by molar-refractivity contribution is -0.383. The lowest BCUT2D eigenvalue weighted by Gasteiger charge is -2.35. The van der Waals surface area contributed by atoms with E-state index in [4.69, 9.17) is 4.74 Å². The number of thiazole rings is 1. The molecule has 1 aliphatic carbocycles. The van der Waals surface area contributed by atoms with Crippen LogP contribution in [0.2, 0.25) is 0 Å². The summed E-state index contributed by atoms with van der Waals surface area (Å²) in [5, 5.41) is 15.4. The SMILES string of the molecule is COC1CC(Nc2cc3nc(C)sc3cc2[N+](=O)[O-])C1. The van der Waals surface area contributed by atoms with E-state index in [-0.39, 0.29) is 22.8 Å². The van der Waals surface area contributed by atoms with Gasteiger partial charge < -0.3 is 10.1 Å². The smallest absolute Gasteiger partial charge is 0.293 e. The maximum absolute atomic E-state index is 11.2. The first-order valence-corrected chi connectivity index (χ1v) is 7.23. The van der Waals surface area contributed by atoms with Crippen molar-refractivity contribution in [2.24, 2.45) is 0 Å². The molecule has 106 valence electrons. The quantitative estimate of drug-likeness (QED) is 0.692. The van der Waals surface area contributed by atoms with Gasteiger partial charge in [-0.3, -0.25) is 10.1 Å². The summed E-state index contributed by atoms with van der Waals surface area (Å²) < 4.78 is 6.07. The fourth-order valence-corrected chi connectivity index (χ4v) is 3.28. The summed E-state index contributed by atoms with van der Waals surface area (Å²) in [5.41, 5.74) is 1.47. The van der Waals surface area contributed by atoms with E-state index in [2.05, 4.69) is 10.3 Å². The zero-order valence-electron chi connectivity index (χ0n) is 11.3. The largest absolute Gasteiger partial charge is 0.381 e. The van der Waals surface area contributed by atoms with Gasteiger partial charge in [-0.15, -0.1) is 11.3 Å². The van der Waals surface area contributed by atoms with Crippen LogP contribution in [0.15, 0.2) is 12.1 Å². The van der Waals surface area contributed by atoms with Crippen LogP contribution >= 0.6 is 11.3 Å². The molecule has 1 aromatic heterocycles. The van der Waals surface area contributed by atoms with Gasteiger partial charge in [-0.25, -0.2) is 4.98 Å². The molecule has 0 atom stereocenters. The summed E-state index contributed by atoms with van der Waals surface area (Å²) in [5.74, 6) is 0. The average Bonchev–Trinajstić information content (AvgIpc) is 2.70. The average molecular weight is 293 g/mol. The predicted octanol–water partition coefficient (Wildman–Crippen LogP) is 3.10. The van der Waals surface area contributed by atoms with E-state index >= 15 is 0 Å². The summed E-state index contributed by atoms with van der Waals surface area (Å²) in [4.78, 5) is 15.2. The first-order valence-electron chi connectivity index (χ1n) is 6.41. The molecule has 1 aromatic carbocycles. The lowest BCUT2D eigenvalue weighted by Crippen LogP contribution is -2.40. The topological polar surface area (TPSA) is 77.3 Å². The van der Waals surface area contributed by atoms with Crippen molar-refractivity contribution in [2.75, 3.05) is 12.4 Å². The number of anilines is 1. The third kappa shape index (κ3) is 2.34. The highest BCUT2D eigenvalue weighted by Gasteiger charge is 2.30. The summed E-state index contributed by atoms with van der Waals surface area (Å²) in [7, 11) is 1.69. The van der Waals surface area contributed by atoms with Gasteiger partial charge in [-0.2, -0.15) is 0 Å². The van der Waals surface area contributed by atoms with Crippen molar-refractivity contribution >= 4 is 32.9 Å². The zero-order chi connectivity index (χ0) is 14.3. The van der Waals surface area contributed by atoms with Crippen LogP contribution in [0.25, 0.3) is 10.2 Å². The fourth-order valence-electron chi connectivity index (χ4n) is 2.44. The second-order valence-corrected chi connectivity index (χ2v) is 6.23. The molecule has 0 saturated heterocycles. The van der Waals surface area contributed by atoms with E-state index in [9.17, 15) is 10.1 Å². The maximum Gasteiger partial charge on any atom is 0.293 e. The molecule has 0 unspecified atom stereocenters. The highest BCUT2D eigenvalue weighted by Crippen LogP contribution is 2.35. The van der Waals surface area contributed by atoms with Crippen molar-refractivity contribution < 1.29 is 9.66 Å². The lowest BCUT2D eigenvalue weighted by atomic mass is 9.89. The minimum atomic E-state index is -0.344. The number of methoxy groups -OCH3 is 1. The highest BCUT2D eigenvalue weighted by atomic mass is 32.1. The van der Waals surface area contributed by atoms with Crippen molar-refractivity contribution in [3.63, 3.8) is 0 Å². The third-order valence-corrected chi connectivity index (χ3v) is 4.53. The number of nitrogens with zero attached hydrogens (tertiary/aromatic N) is 2. The van der Waals surface area contributed by atoms with Crippen LogP contribution in [-0.4, -0.2) is 29.2 Å². The van der Waals surface area contributed by atoms with Crippen molar-refractivity contribution in [3.05, 3.63) is 27.3 Å². The number of hydrogen-bond acceptors (Lipinski definition) is 6. The second kappa shape index (κ2) is 4.99. The molecule has 1 aliphatic rings. The Balaban J connectivity index is 1.91. The molecule has 0 amide bonds. The van der Waals surface area contributed by atoms with Gasteiger partial charge in [0, 0.05) is 19.2 Å². The van der Waals surface area contributed by atoms with E-state index in [1.54, 1.807) is 19.2 Å². The molecule has 0 spiro atoms. The predicted molar refractivity (Wildman–Crippen MR) is 78.5 cm³/mol. The van der Waals surface area contributed by atoms with Gasteiger partial charge in [-0.05, 0) is 25.8 Å². The molecule has 3 rings (SSSR count). The van der Waals surface area contributed by atoms with Crippen LogP contribution in [0.1, 0.15) is 17.8 Å². The van der Waals surface area contributed by atoms with Gasteiger partial charge in [0.2, 0.25) is 0 Å². The Labute approximate surface area is 119 Å². The van der Waals surface area contributed by atoms with E-state index in [0.717, 1.165) is 28.1 Å². The van der Waals surface area contributed by atoms with Gasteiger partial charge in [0.15, 0.2) is 0 Å². The van der Waals surface area contributed by atoms with E-state index in [1.165, 1.54) is 11.3 Å². The fraction of sp³-hybridized carbons (Fsp3) is 0.462. The molecule has 2 aromatic rings. The van der Waals surface area contributed by atoms with E-state index in [0.29, 0.717) is 5.69 Å². The van der Waals surface area contributed by atoms with Crippen LogP contribution < -0.4 is 5.32 Å². The molecule has 7 heteroatoms. The van der Waals surface area contributed by atoms with Gasteiger partial charge in [0.05, 0.1) is 26.3 Å². The molecule has 20 heavy (non-hydrogen) atoms. The van der Waals surface area contributed by atoms with Gasteiger partial charge in [-0.1, -0.05) is 0 Å². The Morgan fingerprint density at radius 1 is 1.50 bits per heavy atom. The van der Waals surface area contributed by atoms with Crippen molar-refractivity contribution in [3.8, 4) is 0 Å². The zero-order valence-corrected chi connectivity index (χ0v) is 12.1. The number of ether oxygens (including phenoxy) is 1. The Morgan fingerprint density at radius 3 is 2.90 bits per heavy atom. The molecular weight excluding hydrogens is 278 g/mol. The molecule has 0 radical (unpaired) electrons. The Bertz CT molecular complexity index is 664.